The number of nitrogens with two attached hydrogens (primary N) is 1. The first-order valence-corrected chi connectivity index (χ1v) is 13.6. The molecule has 17 heteroatoms. The number of nitrogens with one attached hydrogen (secondary N) is 2. The molecule has 2 aromatic rings. The Morgan fingerprint density at radius 2 is 2.12 bits per heavy atom. The lowest BCUT2D eigenvalue weighted by Crippen LogP contribution is -2.37. The van der Waals surface area contributed by atoms with Crippen LogP contribution >= 0.6 is 34.5 Å². The zero-order valence-electron chi connectivity index (χ0n) is 22.2. The zero-order chi connectivity index (χ0) is 30.8. The van der Waals surface area contributed by atoms with Crippen molar-refractivity contribution in [3.05, 3.63) is 102 Å². The number of benzene rings is 1. The molecule has 0 saturated heterocycles. The van der Waals surface area contributed by atoms with Crippen molar-refractivity contribution in [2.75, 3.05) is 16.7 Å². The SMILES string of the molecule is CN(/C=C1/C=C(NC(=O)C(CCCN=[N+]=[N-])n2cc(O)c(-c3cc(Cl)ccc3N(I)C=N)cc2=O)C=CC1N)N=[N+]=[N-]. The summed E-state index contributed by atoms with van der Waals surface area (Å²) in [6.45, 7) is 0.0934. The lowest BCUT2D eigenvalue weighted by atomic mass is 10.0. The van der Waals surface area contributed by atoms with Crippen molar-refractivity contribution in [1.82, 2.24) is 14.9 Å². The number of hydrogen-bond donors (Lipinski definition) is 4. The van der Waals surface area contributed by atoms with Gasteiger partial charge in [-0.25, -0.2) is 5.01 Å². The number of aromatic hydroxyl groups is 1. The van der Waals surface area contributed by atoms with Crippen molar-refractivity contribution in [1.29, 1.82) is 5.41 Å². The van der Waals surface area contributed by atoms with E-state index in [1.807, 2.05) is 22.9 Å². The summed E-state index contributed by atoms with van der Waals surface area (Å²) < 4.78 is 2.57. The van der Waals surface area contributed by atoms with Crippen molar-refractivity contribution in [2.24, 2.45) is 16.1 Å². The van der Waals surface area contributed by atoms with E-state index in [1.165, 1.54) is 33.6 Å². The fraction of sp³-hybridized carbons (Fsp3) is 0.240. The highest BCUT2D eigenvalue weighted by Gasteiger charge is 2.25. The van der Waals surface area contributed by atoms with Gasteiger partial charge in [0, 0.05) is 44.9 Å². The molecule has 1 amide bonds. The third kappa shape index (κ3) is 8.05. The third-order valence-corrected chi connectivity index (χ3v) is 7.10. The molecule has 0 spiro atoms. The van der Waals surface area contributed by atoms with Gasteiger partial charge in [0.25, 0.3) is 5.56 Å². The van der Waals surface area contributed by atoms with Crippen LogP contribution in [-0.2, 0) is 4.79 Å². The van der Waals surface area contributed by atoms with E-state index >= 15 is 0 Å². The highest BCUT2D eigenvalue weighted by Crippen LogP contribution is 2.38. The number of nitrogens with zero attached hydrogens (tertiary/aromatic N) is 9. The Kier molecular flexibility index (Phi) is 11.4. The minimum Gasteiger partial charge on any atom is -0.506 e. The van der Waals surface area contributed by atoms with Gasteiger partial charge < -0.3 is 16.2 Å². The Bertz CT molecular complexity index is 1610. The van der Waals surface area contributed by atoms with E-state index in [1.54, 1.807) is 36.4 Å². The van der Waals surface area contributed by atoms with Crippen molar-refractivity contribution in [2.45, 2.75) is 24.9 Å². The summed E-state index contributed by atoms with van der Waals surface area (Å²) in [7, 11) is 1.53. The lowest BCUT2D eigenvalue weighted by Gasteiger charge is -2.23. The van der Waals surface area contributed by atoms with Crippen LogP contribution in [0.15, 0.2) is 81.3 Å². The van der Waals surface area contributed by atoms with Crippen LogP contribution in [0.3, 0.4) is 0 Å². The number of halogens is 2. The summed E-state index contributed by atoms with van der Waals surface area (Å²) in [5.41, 5.74) is 24.8. The van der Waals surface area contributed by atoms with Crippen LogP contribution in [-0.4, -0.2) is 46.6 Å². The van der Waals surface area contributed by atoms with Crippen LogP contribution in [0.1, 0.15) is 18.9 Å². The Labute approximate surface area is 258 Å². The second-order valence-electron chi connectivity index (χ2n) is 8.89. The molecule has 0 radical (unpaired) electrons. The van der Waals surface area contributed by atoms with E-state index in [4.69, 9.17) is 33.8 Å². The number of pyridine rings is 1. The molecule has 42 heavy (non-hydrogen) atoms. The highest BCUT2D eigenvalue weighted by molar-refractivity contribution is 14.1. The van der Waals surface area contributed by atoms with E-state index in [9.17, 15) is 14.7 Å². The van der Waals surface area contributed by atoms with E-state index < -0.39 is 23.6 Å². The van der Waals surface area contributed by atoms with Gasteiger partial charge in [-0.15, -0.1) is 5.53 Å². The summed E-state index contributed by atoms with van der Waals surface area (Å²) in [6.07, 6.45) is 8.98. The molecule has 2 atom stereocenters. The quantitative estimate of drug-likeness (QED) is 0.0267. The highest BCUT2D eigenvalue weighted by atomic mass is 127. The van der Waals surface area contributed by atoms with Gasteiger partial charge in [0.1, 0.15) is 11.8 Å². The Balaban J connectivity index is 2.01. The van der Waals surface area contributed by atoms with Crippen LogP contribution in [0.25, 0.3) is 32.0 Å². The predicted molar refractivity (Wildman–Crippen MR) is 169 cm³/mol. The smallest absolute Gasteiger partial charge is 0.252 e. The zero-order valence-corrected chi connectivity index (χ0v) is 25.1. The normalized spacial score (nSPS) is 15.6. The lowest BCUT2D eigenvalue weighted by molar-refractivity contribution is -0.123. The predicted octanol–water partition coefficient (Wildman–Crippen LogP) is 5.21. The van der Waals surface area contributed by atoms with Crippen LogP contribution < -0.4 is 19.7 Å². The molecule has 1 aliphatic carbocycles. The number of hydrogen-bond acceptors (Lipinski definition) is 7. The summed E-state index contributed by atoms with van der Waals surface area (Å²) in [5.74, 6) is -0.861. The standard InChI is InChI=1S/C25H26ClIN12O3/c1-37(36-35-31)12-15-9-17(5-6-20(15)29)33-25(42)22(3-2-8-32-34-30)38-13-23(40)19(11-24(38)41)18-10-16(26)4-7-21(18)39(27)14-28/h4-7,9-14,20,22,28,40H,2-3,8,29H2,1H3,(H,33,42)/b15-12-,28-14?. The van der Waals surface area contributed by atoms with Crippen LogP contribution in [0.2, 0.25) is 5.02 Å². The maximum atomic E-state index is 13.5. The van der Waals surface area contributed by atoms with Gasteiger partial charge in [-0.05, 0) is 53.9 Å². The first-order valence-electron chi connectivity index (χ1n) is 12.3. The number of allylic oxidation sites excluding steroid dienone is 1. The molecule has 1 heterocycles. The molecule has 3 rings (SSSR count). The molecule has 0 bridgehead atoms. The van der Waals surface area contributed by atoms with Crippen LogP contribution in [0.5, 0.6) is 5.75 Å². The number of azide groups is 2. The fourth-order valence-corrected chi connectivity index (χ4v) is 4.74. The topological polar surface area (TPSA) is 225 Å². The molecule has 1 aromatic heterocycles. The number of carbonyl (C=O) groups excluding carboxylic acids is 1. The second-order valence-corrected chi connectivity index (χ2v) is 10.4. The van der Waals surface area contributed by atoms with Gasteiger partial charge in [0.2, 0.25) is 5.91 Å². The van der Waals surface area contributed by atoms with Gasteiger partial charge in [-0.2, -0.15) is 4.91 Å². The van der Waals surface area contributed by atoms with Crippen molar-refractivity contribution in [3.8, 4) is 16.9 Å². The van der Waals surface area contributed by atoms with Gasteiger partial charge in [-0.3, -0.25) is 22.7 Å². The summed E-state index contributed by atoms with van der Waals surface area (Å²) in [4.78, 5) is 32.4. The number of carbonyl (C=O) groups is 1. The molecule has 1 aromatic carbocycles. The first kappa shape index (κ1) is 32.0. The number of anilines is 1. The van der Waals surface area contributed by atoms with Gasteiger partial charge >= 0.3 is 0 Å². The van der Waals surface area contributed by atoms with Crippen molar-refractivity contribution >= 4 is 52.4 Å². The molecule has 0 aliphatic heterocycles. The van der Waals surface area contributed by atoms with Gasteiger partial charge in [0.15, 0.2) is 0 Å². The summed E-state index contributed by atoms with van der Waals surface area (Å²) in [6, 6.07) is 4.42. The molecule has 5 N–H and O–H groups in total. The molecule has 1 aliphatic rings. The molecular weight excluding hydrogens is 679 g/mol. The molecule has 2 unspecified atom stereocenters. The second kappa shape index (κ2) is 15.0. The molecule has 0 fully saturated rings. The summed E-state index contributed by atoms with van der Waals surface area (Å²) in [5, 5.41) is 29.9. The molecule has 218 valence electrons. The van der Waals surface area contributed by atoms with E-state index in [-0.39, 0.29) is 30.7 Å². The van der Waals surface area contributed by atoms with Crippen molar-refractivity contribution in [3.63, 3.8) is 0 Å². The Morgan fingerprint density at radius 1 is 1.36 bits per heavy atom. The Hall–Kier alpha value is -4.47. The van der Waals surface area contributed by atoms with Crippen molar-refractivity contribution < 1.29 is 9.90 Å². The minimum atomic E-state index is -1.09. The number of rotatable bonds is 12. The van der Waals surface area contributed by atoms with E-state index in [2.05, 4.69) is 25.5 Å². The van der Waals surface area contributed by atoms with Crippen LogP contribution in [0.4, 0.5) is 5.69 Å². The monoisotopic (exact) mass is 704 g/mol. The average Bonchev–Trinajstić information content (AvgIpc) is 2.95. The van der Waals surface area contributed by atoms with E-state index in [0.29, 0.717) is 27.5 Å². The number of amides is 1. The Morgan fingerprint density at radius 3 is 2.81 bits per heavy atom. The fourth-order valence-electron chi connectivity index (χ4n) is 4.15. The third-order valence-electron chi connectivity index (χ3n) is 6.06. The number of aromatic nitrogens is 1. The largest absolute Gasteiger partial charge is 0.506 e. The van der Waals surface area contributed by atoms with E-state index in [0.717, 1.165) is 10.9 Å². The van der Waals surface area contributed by atoms with Gasteiger partial charge in [0.05, 0.1) is 60.4 Å². The molecule has 15 nitrogen and oxygen atoms in total. The molecular formula is C25H26ClIN12O3. The maximum absolute atomic E-state index is 13.5. The van der Waals surface area contributed by atoms with Gasteiger partial charge in [-0.1, -0.05) is 22.8 Å². The average molecular weight is 705 g/mol. The maximum Gasteiger partial charge on any atom is 0.252 e. The first-order chi connectivity index (χ1) is 20.1. The van der Waals surface area contributed by atoms with Crippen LogP contribution in [0, 0.1) is 5.41 Å². The minimum absolute atomic E-state index is 0.0934. The molecule has 0 saturated carbocycles. The summed E-state index contributed by atoms with van der Waals surface area (Å²) >= 11 is 8.08.